The number of amides is 3. The summed E-state index contributed by atoms with van der Waals surface area (Å²) in [7, 11) is 0. The van der Waals surface area contributed by atoms with Crippen molar-refractivity contribution in [1.82, 2.24) is 20.3 Å². The van der Waals surface area contributed by atoms with Crippen LogP contribution in [0, 0.1) is 13.8 Å². The van der Waals surface area contributed by atoms with E-state index in [9.17, 15) is 14.4 Å². The van der Waals surface area contributed by atoms with Crippen molar-refractivity contribution in [2.75, 3.05) is 26.2 Å². The highest BCUT2D eigenvalue weighted by molar-refractivity contribution is 5.88. The largest absolute Gasteiger partial charge is 0.361 e. The summed E-state index contributed by atoms with van der Waals surface area (Å²) in [5.41, 5.74) is 2.48. The van der Waals surface area contributed by atoms with E-state index in [1.54, 1.807) is 16.7 Å². The normalized spacial score (nSPS) is 14.8. The van der Waals surface area contributed by atoms with Crippen LogP contribution < -0.4 is 5.32 Å². The van der Waals surface area contributed by atoms with Crippen LogP contribution in [0.5, 0.6) is 0 Å². The molecule has 172 valence electrons. The molecule has 0 saturated carbocycles. The SMILES string of the molecule is CCCC(NC(=O)Cc1ccccc1)C(=O)N1CCN(C(=O)Cc2c(C)noc2C)CC1. The molecule has 0 aliphatic carbocycles. The number of carbonyl (C=O) groups is 3. The van der Waals surface area contributed by atoms with Crippen molar-refractivity contribution in [1.29, 1.82) is 0 Å². The lowest BCUT2D eigenvalue weighted by atomic mass is 10.1. The topological polar surface area (TPSA) is 95.8 Å². The summed E-state index contributed by atoms with van der Waals surface area (Å²) >= 11 is 0. The van der Waals surface area contributed by atoms with Crippen LogP contribution >= 0.6 is 0 Å². The number of hydrogen-bond donors (Lipinski definition) is 1. The summed E-state index contributed by atoms with van der Waals surface area (Å²) in [6, 6.07) is 8.95. The van der Waals surface area contributed by atoms with E-state index in [4.69, 9.17) is 4.52 Å². The van der Waals surface area contributed by atoms with Crippen molar-refractivity contribution < 1.29 is 18.9 Å². The van der Waals surface area contributed by atoms with Crippen molar-refractivity contribution in [2.45, 2.75) is 52.5 Å². The Kier molecular flexibility index (Phi) is 8.03. The number of hydrogen-bond acceptors (Lipinski definition) is 5. The third-order valence-electron chi connectivity index (χ3n) is 5.87. The van der Waals surface area contributed by atoms with Crippen molar-refractivity contribution in [3.8, 4) is 0 Å². The molecular formula is C24H32N4O4. The summed E-state index contributed by atoms with van der Waals surface area (Å²) in [5, 5.41) is 6.81. The monoisotopic (exact) mass is 440 g/mol. The van der Waals surface area contributed by atoms with E-state index < -0.39 is 6.04 Å². The molecule has 1 aromatic heterocycles. The summed E-state index contributed by atoms with van der Waals surface area (Å²) in [6.07, 6.45) is 1.88. The van der Waals surface area contributed by atoms with Crippen LogP contribution in [0.15, 0.2) is 34.9 Å². The van der Waals surface area contributed by atoms with Crippen LogP contribution in [0.4, 0.5) is 0 Å². The van der Waals surface area contributed by atoms with E-state index >= 15 is 0 Å². The Morgan fingerprint density at radius 2 is 1.69 bits per heavy atom. The van der Waals surface area contributed by atoms with Gasteiger partial charge in [-0.3, -0.25) is 14.4 Å². The Bertz CT molecular complexity index is 913. The lowest BCUT2D eigenvalue weighted by Gasteiger charge is -2.36. The van der Waals surface area contributed by atoms with Crippen LogP contribution in [0.25, 0.3) is 0 Å². The maximum atomic E-state index is 13.1. The number of aryl methyl sites for hydroxylation is 2. The second-order valence-corrected chi connectivity index (χ2v) is 8.26. The zero-order chi connectivity index (χ0) is 23.1. The van der Waals surface area contributed by atoms with Crippen LogP contribution in [-0.4, -0.2) is 64.9 Å². The van der Waals surface area contributed by atoms with Crippen molar-refractivity contribution in [2.24, 2.45) is 0 Å². The maximum absolute atomic E-state index is 13.1. The fourth-order valence-corrected chi connectivity index (χ4v) is 3.99. The molecule has 8 nitrogen and oxygen atoms in total. The molecule has 1 aromatic carbocycles. The van der Waals surface area contributed by atoms with Crippen molar-refractivity contribution >= 4 is 17.7 Å². The average molecular weight is 441 g/mol. The van der Waals surface area contributed by atoms with E-state index in [2.05, 4.69) is 10.5 Å². The zero-order valence-electron chi connectivity index (χ0n) is 19.1. The first-order valence-electron chi connectivity index (χ1n) is 11.2. The van der Waals surface area contributed by atoms with Crippen LogP contribution in [0.1, 0.15) is 42.3 Å². The number of rotatable bonds is 8. The number of benzene rings is 1. The molecule has 2 aromatic rings. The maximum Gasteiger partial charge on any atom is 0.245 e. The summed E-state index contributed by atoms with van der Waals surface area (Å²) in [6.45, 7) is 7.50. The number of carbonyl (C=O) groups excluding carboxylic acids is 3. The molecule has 0 spiro atoms. The van der Waals surface area contributed by atoms with Gasteiger partial charge in [0.25, 0.3) is 0 Å². The Morgan fingerprint density at radius 1 is 1.03 bits per heavy atom. The third-order valence-corrected chi connectivity index (χ3v) is 5.87. The fourth-order valence-electron chi connectivity index (χ4n) is 3.99. The van der Waals surface area contributed by atoms with Gasteiger partial charge in [0.15, 0.2) is 0 Å². The molecule has 1 atom stereocenters. The van der Waals surface area contributed by atoms with Gasteiger partial charge in [-0.25, -0.2) is 0 Å². The third kappa shape index (κ3) is 5.96. The molecule has 0 radical (unpaired) electrons. The molecular weight excluding hydrogens is 408 g/mol. The molecule has 8 heteroatoms. The lowest BCUT2D eigenvalue weighted by molar-refractivity contribution is -0.141. The molecule has 1 aliphatic heterocycles. The lowest BCUT2D eigenvalue weighted by Crippen LogP contribution is -2.56. The Morgan fingerprint density at radius 3 is 2.28 bits per heavy atom. The second kappa shape index (κ2) is 10.9. The first kappa shape index (κ1) is 23.5. The van der Waals surface area contributed by atoms with Crippen LogP contribution in [0.3, 0.4) is 0 Å². The molecule has 1 unspecified atom stereocenters. The highest BCUT2D eigenvalue weighted by atomic mass is 16.5. The van der Waals surface area contributed by atoms with Gasteiger partial charge in [-0.1, -0.05) is 48.8 Å². The molecule has 3 amide bonds. The van der Waals surface area contributed by atoms with Gasteiger partial charge in [-0.2, -0.15) is 0 Å². The molecule has 32 heavy (non-hydrogen) atoms. The van der Waals surface area contributed by atoms with Gasteiger partial charge in [-0.15, -0.1) is 0 Å². The van der Waals surface area contributed by atoms with Gasteiger partial charge in [0.1, 0.15) is 11.8 Å². The van der Waals surface area contributed by atoms with Gasteiger partial charge >= 0.3 is 0 Å². The summed E-state index contributed by atoms with van der Waals surface area (Å²) in [5.74, 6) is 0.438. The number of aromatic nitrogens is 1. The molecule has 1 fully saturated rings. The number of nitrogens with zero attached hydrogens (tertiary/aromatic N) is 3. The van der Waals surface area contributed by atoms with Crippen LogP contribution in [0.2, 0.25) is 0 Å². The minimum Gasteiger partial charge on any atom is -0.361 e. The second-order valence-electron chi connectivity index (χ2n) is 8.26. The fraction of sp³-hybridized carbons (Fsp3) is 0.500. The van der Waals surface area contributed by atoms with E-state index in [0.29, 0.717) is 38.4 Å². The van der Waals surface area contributed by atoms with Gasteiger partial charge < -0.3 is 19.6 Å². The first-order valence-corrected chi connectivity index (χ1v) is 11.2. The molecule has 1 N–H and O–H groups in total. The minimum absolute atomic E-state index is 0.00720. The molecule has 0 bridgehead atoms. The smallest absolute Gasteiger partial charge is 0.245 e. The Labute approximate surface area is 188 Å². The Balaban J connectivity index is 1.52. The van der Waals surface area contributed by atoms with E-state index in [1.165, 1.54) is 0 Å². The molecule has 1 aliphatic rings. The Hall–Kier alpha value is -3.16. The summed E-state index contributed by atoms with van der Waals surface area (Å²) in [4.78, 5) is 41.8. The zero-order valence-corrected chi connectivity index (χ0v) is 19.1. The number of piperazine rings is 1. The highest BCUT2D eigenvalue weighted by Gasteiger charge is 2.30. The van der Waals surface area contributed by atoms with Gasteiger partial charge in [0, 0.05) is 31.7 Å². The van der Waals surface area contributed by atoms with Crippen LogP contribution in [-0.2, 0) is 27.2 Å². The highest BCUT2D eigenvalue weighted by Crippen LogP contribution is 2.15. The van der Waals surface area contributed by atoms with E-state index in [0.717, 1.165) is 23.2 Å². The first-order chi connectivity index (χ1) is 15.4. The van der Waals surface area contributed by atoms with Crippen molar-refractivity contribution in [3.05, 3.63) is 52.9 Å². The number of nitrogens with one attached hydrogen (secondary N) is 1. The average Bonchev–Trinajstić information content (AvgIpc) is 3.11. The predicted octanol–water partition coefficient (Wildman–Crippen LogP) is 2.03. The predicted molar refractivity (Wildman–Crippen MR) is 120 cm³/mol. The summed E-state index contributed by atoms with van der Waals surface area (Å²) < 4.78 is 5.14. The van der Waals surface area contributed by atoms with E-state index in [1.807, 2.05) is 44.2 Å². The van der Waals surface area contributed by atoms with E-state index in [-0.39, 0.29) is 30.6 Å². The quantitative estimate of drug-likeness (QED) is 0.678. The standard InChI is InChI=1S/C24H32N4O4/c1-4-8-21(25-22(29)15-19-9-6-5-7-10-19)24(31)28-13-11-27(12-14-28)23(30)16-20-17(2)26-32-18(20)3/h5-7,9-10,21H,4,8,11-16H2,1-3H3,(H,25,29). The molecule has 1 saturated heterocycles. The molecule has 2 heterocycles. The van der Waals surface area contributed by atoms with Gasteiger partial charge in [0.05, 0.1) is 18.5 Å². The van der Waals surface area contributed by atoms with Crippen molar-refractivity contribution in [3.63, 3.8) is 0 Å². The van der Waals surface area contributed by atoms with Gasteiger partial charge in [0.2, 0.25) is 17.7 Å². The minimum atomic E-state index is -0.541. The molecule has 3 rings (SSSR count). The van der Waals surface area contributed by atoms with Gasteiger partial charge in [-0.05, 0) is 25.8 Å².